The molecule has 1 aromatic heterocycles. The van der Waals surface area contributed by atoms with Gasteiger partial charge in [0.15, 0.2) is 0 Å². The summed E-state index contributed by atoms with van der Waals surface area (Å²) in [6, 6.07) is 2.21. The van der Waals surface area contributed by atoms with Crippen LogP contribution in [0.4, 0.5) is 0 Å². The predicted octanol–water partition coefficient (Wildman–Crippen LogP) is 0.0273. The Bertz CT molecular complexity index is 1140. The minimum absolute atomic E-state index is 0.0283. The number of H-pyrrole nitrogens is 1. The molecule has 0 aliphatic rings. The zero-order valence-electron chi connectivity index (χ0n) is 20.6. The Hall–Kier alpha value is -3.58. The van der Waals surface area contributed by atoms with Gasteiger partial charge in [0, 0.05) is 29.3 Å². The number of aliphatic carboxylic acids is 2. The molecular formula is C24H33N5O7S. The van der Waals surface area contributed by atoms with Crippen molar-refractivity contribution in [3.8, 4) is 0 Å². The number of carbonyl (C=O) groups excluding carboxylic acids is 3. The molecule has 0 saturated heterocycles. The number of aromatic amines is 1. The van der Waals surface area contributed by atoms with Crippen LogP contribution in [0.1, 0.15) is 32.3 Å². The normalized spacial score (nSPS) is 14.4. The maximum Gasteiger partial charge on any atom is 0.326 e. The van der Waals surface area contributed by atoms with Gasteiger partial charge in [0.25, 0.3) is 0 Å². The SMILES string of the molecule is CC(C)CC(NC(=O)C(Cc1c[nH]c2ccccc12)NC(=O)C(CC(=O)O)NC(=O)C(N)CS)C(=O)O. The molecule has 4 atom stereocenters. The van der Waals surface area contributed by atoms with Crippen molar-refractivity contribution in [2.45, 2.75) is 57.3 Å². The number of nitrogens with two attached hydrogens (primary N) is 1. The van der Waals surface area contributed by atoms with Gasteiger partial charge < -0.3 is 36.9 Å². The number of fused-ring (bicyclic) bond motifs is 1. The Labute approximate surface area is 219 Å². The molecule has 0 spiro atoms. The van der Waals surface area contributed by atoms with Crippen molar-refractivity contribution in [3.63, 3.8) is 0 Å². The lowest BCUT2D eigenvalue weighted by molar-refractivity contribution is -0.143. The van der Waals surface area contributed by atoms with Crippen molar-refractivity contribution in [3.05, 3.63) is 36.0 Å². The van der Waals surface area contributed by atoms with Gasteiger partial charge in [0.2, 0.25) is 17.7 Å². The molecule has 1 aromatic carbocycles. The number of rotatable bonds is 14. The van der Waals surface area contributed by atoms with E-state index in [1.165, 1.54) is 0 Å². The van der Waals surface area contributed by atoms with E-state index in [0.29, 0.717) is 5.56 Å². The molecule has 0 radical (unpaired) electrons. The van der Waals surface area contributed by atoms with Crippen LogP contribution in [-0.4, -0.2) is 74.8 Å². The Morgan fingerprint density at radius 2 is 1.54 bits per heavy atom. The van der Waals surface area contributed by atoms with Crippen LogP contribution in [0.3, 0.4) is 0 Å². The number of nitrogens with one attached hydrogen (secondary N) is 4. The second kappa shape index (κ2) is 13.7. The lowest BCUT2D eigenvalue weighted by Crippen LogP contribution is -2.58. The summed E-state index contributed by atoms with van der Waals surface area (Å²) in [7, 11) is 0. The quantitative estimate of drug-likeness (QED) is 0.155. The summed E-state index contributed by atoms with van der Waals surface area (Å²) in [5.74, 6) is -5.13. The summed E-state index contributed by atoms with van der Waals surface area (Å²) in [5.41, 5.74) is 7.08. The third kappa shape index (κ3) is 8.79. The van der Waals surface area contributed by atoms with Gasteiger partial charge in [0.05, 0.1) is 12.5 Å². The number of hydrogen-bond acceptors (Lipinski definition) is 7. The minimum Gasteiger partial charge on any atom is -0.481 e. The van der Waals surface area contributed by atoms with Gasteiger partial charge in [-0.1, -0.05) is 32.0 Å². The molecule has 12 nitrogen and oxygen atoms in total. The summed E-state index contributed by atoms with van der Waals surface area (Å²) in [4.78, 5) is 64.6. The zero-order chi connectivity index (χ0) is 27.7. The molecule has 0 aliphatic heterocycles. The fourth-order valence-corrected chi connectivity index (χ4v) is 3.88. The molecule has 1 heterocycles. The van der Waals surface area contributed by atoms with Crippen LogP contribution in [0.15, 0.2) is 30.5 Å². The first-order chi connectivity index (χ1) is 17.4. The first-order valence-electron chi connectivity index (χ1n) is 11.7. The van der Waals surface area contributed by atoms with E-state index in [0.717, 1.165) is 10.9 Å². The molecule has 2 aromatic rings. The van der Waals surface area contributed by atoms with Gasteiger partial charge in [-0.05, 0) is 24.0 Å². The maximum atomic E-state index is 13.2. The van der Waals surface area contributed by atoms with E-state index in [1.807, 2.05) is 32.0 Å². The molecule has 202 valence electrons. The molecule has 0 bridgehead atoms. The summed E-state index contributed by atoms with van der Waals surface area (Å²) in [6.45, 7) is 3.62. The standard InChI is InChI=1S/C24H33N5O7S/c1-12(2)7-19(24(35)36)29-22(33)17(8-13-10-26-16-6-4-3-5-14(13)16)28-23(34)18(9-20(30)31)27-21(32)15(25)11-37/h3-6,10,12,15,17-19,26,37H,7-9,11,25H2,1-2H3,(H,27,32)(H,28,34)(H,29,33)(H,30,31)(H,35,36). The maximum absolute atomic E-state index is 13.2. The summed E-state index contributed by atoms with van der Waals surface area (Å²) in [6.07, 6.45) is 1.04. The van der Waals surface area contributed by atoms with Crippen LogP contribution >= 0.6 is 12.6 Å². The van der Waals surface area contributed by atoms with Crippen molar-refractivity contribution in [2.24, 2.45) is 11.7 Å². The first-order valence-corrected chi connectivity index (χ1v) is 12.3. The molecular weight excluding hydrogens is 502 g/mol. The van der Waals surface area contributed by atoms with Crippen LogP contribution in [0, 0.1) is 5.92 Å². The number of thiol groups is 1. The Morgan fingerprint density at radius 3 is 2.14 bits per heavy atom. The monoisotopic (exact) mass is 535 g/mol. The number of para-hydroxylation sites is 1. The highest BCUT2D eigenvalue weighted by molar-refractivity contribution is 7.80. The highest BCUT2D eigenvalue weighted by Crippen LogP contribution is 2.19. The lowest BCUT2D eigenvalue weighted by atomic mass is 10.0. The van der Waals surface area contributed by atoms with Crippen molar-refractivity contribution < 1.29 is 34.2 Å². The molecule has 0 aliphatic carbocycles. The van der Waals surface area contributed by atoms with E-state index < -0.39 is 60.2 Å². The van der Waals surface area contributed by atoms with Gasteiger partial charge in [-0.25, -0.2) is 4.79 Å². The van der Waals surface area contributed by atoms with Crippen LogP contribution in [-0.2, 0) is 30.4 Å². The van der Waals surface area contributed by atoms with Gasteiger partial charge in [-0.15, -0.1) is 0 Å². The number of benzene rings is 1. The fraction of sp³-hybridized carbons (Fsp3) is 0.458. The van der Waals surface area contributed by atoms with E-state index >= 15 is 0 Å². The Morgan fingerprint density at radius 1 is 0.946 bits per heavy atom. The Balaban J connectivity index is 2.34. The molecule has 4 unspecified atom stereocenters. The van der Waals surface area contributed by atoms with E-state index in [2.05, 4.69) is 33.6 Å². The van der Waals surface area contributed by atoms with Crippen LogP contribution in [0.5, 0.6) is 0 Å². The summed E-state index contributed by atoms with van der Waals surface area (Å²) < 4.78 is 0. The summed E-state index contributed by atoms with van der Waals surface area (Å²) >= 11 is 3.93. The predicted molar refractivity (Wildman–Crippen MR) is 139 cm³/mol. The highest BCUT2D eigenvalue weighted by Gasteiger charge is 2.32. The van der Waals surface area contributed by atoms with Crippen molar-refractivity contribution in [1.82, 2.24) is 20.9 Å². The number of carboxylic acids is 2. The number of hydrogen-bond donors (Lipinski definition) is 8. The summed E-state index contributed by atoms with van der Waals surface area (Å²) in [5, 5.41) is 26.8. The third-order valence-electron chi connectivity index (χ3n) is 5.60. The third-order valence-corrected chi connectivity index (χ3v) is 5.99. The van der Waals surface area contributed by atoms with E-state index in [4.69, 9.17) is 5.73 Å². The smallest absolute Gasteiger partial charge is 0.326 e. The first kappa shape index (κ1) is 29.6. The van der Waals surface area contributed by atoms with E-state index in [-0.39, 0.29) is 24.5 Å². The van der Waals surface area contributed by atoms with Crippen LogP contribution in [0.2, 0.25) is 0 Å². The molecule has 0 saturated carbocycles. The lowest BCUT2D eigenvalue weighted by Gasteiger charge is -2.25. The average molecular weight is 536 g/mol. The van der Waals surface area contributed by atoms with Gasteiger partial charge in [-0.3, -0.25) is 19.2 Å². The molecule has 13 heteroatoms. The number of carboxylic acid groups (broad SMARTS) is 2. The number of amides is 3. The van der Waals surface area contributed by atoms with Crippen LogP contribution in [0.25, 0.3) is 10.9 Å². The average Bonchev–Trinajstić information content (AvgIpc) is 3.24. The second-order valence-corrected chi connectivity index (χ2v) is 9.47. The van der Waals surface area contributed by atoms with Crippen molar-refractivity contribution >= 4 is 53.2 Å². The van der Waals surface area contributed by atoms with Crippen LogP contribution < -0.4 is 21.7 Å². The molecule has 8 N–H and O–H groups in total. The second-order valence-electron chi connectivity index (χ2n) is 9.10. The van der Waals surface area contributed by atoms with Crippen molar-refractivity contribution in [2.75, 3.05) is 5.75 Å². The molecule has 37 heavy (non-hydrogen) atoms. The van der Waals surface area contributed by atoms with Crippen molar-refractivity contribution in [1.29, 1.82) is 0 Å². The molecule has 0 fully saturated rings. The highest BCUT2D eigenvalue weighted by atomic mass is 32.1. The fourth-order valence-electron chi connectivity index (χ4n) is 3.71. The van der Waals surface area contributed by atoms with Gasteiger partial charge in [-0.2, -0.15) is 12.6 Å². The number of aromatic nitrogens is 1. The van der Waals surface area contributed by atoms with Gasteiger partial charge >= 0.3 is 11.9 Å². The molecule has 3 amide bonds. The zero-order valence-corrected chi connectivity index (χ0v) is 21.5. The topological polar surface area (TPSA) is 204 Å². The number of carbonyl (C=O) groups is 5. The Kier molecular flexibility index (Phi) is 10.9. The van der Waals surface area contributed by atoms with E-state index in [1.54, 1.807) is 12.3 Å². The van der Waals surface area contributed by atoms with E-state index in [9.17, 15) is 34.2 Å². The minimum atomic E-state index is -1.53. The molecule has 2 rings (SSSR count). The van der Waals surface area contributed by atoms with Gasteiger partial charge in [0.1, 0.15) is 18.1 Å². The largest absolute Gasteiger partial charge is 0.481 e.